The Morgan fingerprint density at radius 3 is 2.61 bits per heavy atom. The normalized spacial score (nSPS) is 13.8. The minimum atomic E-state index is -0.543. The monoisotopic (exact) mass is 375 g/mol. The van der Waals surface area contributed by atoms with Crippen LogP contribution in [-0.4, -0.2) is 36.3 Å². The molecule has 2 aromatic carbocycles. The molecular weight excluding hydrogens is 357 g/mol. The fraction of sp³-hybridized carbons (Fsp3) is 0.190. The van der Waals surface area contributed by atoms with Crippen LogP contribution in [0.5, 0.6) is 0 Å². The van der Waals surface area contributed by atoms with Crippen molar-refractivity contribution in [3.05, 3.63) is 66.1 Å². The van der Waals surface area contributed by atoms with Crippen molar-refractivity contribution in [2.45, 2.75) is 0 Å². The van der Waals surface area contributed by atoms with Crippen LogP contribution in [0, 0.1) is 17.1 Å². The van der Waals surface area contributed by atoms with E-state index in [1.54, 1.807) is 18.3 Å². The van der Waals surface area contributed by atoms with Crippen LogP contribution in [0.2, 0.25) is 0 Å². The number of nitrogens with zero attached hydrogens (tertiary/aromatic N) is 4. The molecule has 1 N–H and O–H groups in total. The molecule has 1 aliphatic heterocycles. The second-order valence-electron chi connectivity index (χ2n) is 6.34. The van der Waals surface area contributed by atoms with E-state index in [-0.39, 0.29) is 5.56 Å². The number of halogens is 1. The molecule has 1 aromatic heterocycles. The first kappa shape index (κ1) is 17.9. The molecule has 0 spiro atoms. The average Bonchev–Trinajstić information content (AvgIpc) is 2.75. The van der Waals surface area contributed by atoms with Crippen molar-refractivity contribution in [1.82, 2.24) is 9.97 Å². The Morgan fingerprint density at radius 1 is 1.07 bits per heavy atom. The first-order valence-electron chi connectivity index (χ1n) is 8.96. The summed E-state index contributed by atoms with van der Waals surface area (Å²) in [6.07, 6.45) is 1.63. The van der Waals surface area contributed by atoms with Gasteiger partial charge in [-0.05, 0) is 48.5 Å². The molecule has 0 amide bonds. The third kappa shape index (κ3) is 3.92. The molecule has 4 rings (SSSR count). The molecule has 0 aliphatic carbocycles. The van der Waals surface area contributed by atoms with Gasteiger partial charge < -0.3 is 15.0 Å². The van der Waals surface area contributed by atoms with E-state index in [0.717, 1.165) is 37.7 Å². The minimum absolute atomic E-state index is 0.00989. The van der Waals surface area contributed by atoms with Gasteiger partial charge in [0.1, 0.15) is 11.9 Å². The number of ether oxygens (including phenoxy) is 1. The molecule has 140 valence electrons. The minimum Gasteiger partial charge on any atom is -0.378 e. The molecule has 6 nitrogen and oxygen atoms in total. The number of hydrogen-bond acceptors (Lipinski definition) is 6. The summed E-state index contributed by atoms with van der Waals surface area (Å²) in [5.74, 6) is -0.113. The molecule has 1 fully saturated rings. The van der Waals surface area contributed by atoms with Crippen molar-refractivity contribution < 1.29 is 9.13 Å². The van der Waals surface area contributed by atoms with Crippen LogP contribution in [-0.2, 0) is 4.74 Å². The molecule has 0 unspecified atom stereocenters. The van der Waals surface area contributed by atoms with E-state index in [2.05, 4.69) is 32.3 Å². The lowest BCUT2D eigenvalue weighted by molar-refractivity contribution is 0.122. The van der Waals surface area contributed by atoms with Crippen molar-refractivity contribution in [2.24, 2.45) is 0 Å². The molecule has 0 radical (unpaired) electrons. The topological polar surface area (TPSA) is 74.1 Å². The SMILES string of the molecule is N#Cc1cc(-c2ccnc(Nc3ccc(N4CCOCC4)cc3)n2)ccc1F. The van der Waals surface area contributed by atoms with E-state index in [9.17, 15) is 4.39 Å². The van der Waals surface area contributed by atoms with Crippen molar-refractivity contribution in [3.8, 4) is 17.3 Å². The van der Waals surface area contributed by atoms with E-state index < -0.39 is 5.82 Å². The number of aromatic nitrogens is 2. The van der Waals surface area contributed by atoms with Gasteiger partial charge in [-0.3, -0.25) is 0 Å². The second-order valence-corrected chi connectivity index (χ2v) is 6.34. The predicted molar refractivity (Wildman–Crippen MR) is 105 cm³/mol. The maximum Gasteiger partial charge on any atom is 0.227 e. The van der Waals surface area contributed by atoms with Crippen LogP contribution < -0.4 is 10.2 Å². The van der Waals surface area contributed by atoms with Crippen LogP contribution in [0.4, 0.5) is 21.7 Å². The van der Waals surface area contributed by atoms with Crippen molar-refractivity contribution in [1.29, 1.82) is 5.26 Å². The first-order valence-corrected chi connectivity index (χ1v) is 8.96. The summed E-state index contributed by atoms with van der Waals surface area (Å²) >= 11 is 0. The van der Waals surface area contributed by atoms with E-state index in [4.69, 9.17) is 10.00 Å². The van der Waals surface area contributed by atoms with Gasteiger partial charge in [0.05, 0.1) is 24.5 Å². The second kappa shape index (κ2) is 8.03. The Hall–Kier alpha value is -3.50. The maximum absolute atomic E-state index is 13.5. The Kier molecular flexibility index (Phi) is 5.13. The lowest BCUT2D eigenvalue weighted by atomic mass is 10.1. The van der Waals surface area contributed by atoms with E-state index in [0.29, 0.717) is 17.2 Å². The van der Waals surface area contributed by atoms with Gasteiger partial charge in [0, 0.05) is 36.2 Å². The standard InChI is InChI=1S/C21H18FN5O/c22-19-6-1-15(13-16(19)14-23)20-7-8-24-21(26-20)25-17-2-4-18(5-3-17)27-9-11-28-12-10-27/h1-8,13H,9-12H2,(H,24,25,26). The largest absolute Gasteiger partial charge is 0.378 e. The van der Waals surface area contributed by atoms with Gasteiger partial charge >= 0.3 is 0 Å². The van der Waals surface area contributed by atoms with Crippen molar-refractivity contribution >= 4 is 17.3 Å². The van der Waals surface area contributed by atoms with Gasteiger partial charge in [0.25, 0.3) is 0 Å². The number of rotatable bonds is 4. The molecule has 1 saturated heterocycles. The fourth-order valence-electron chi connectivity index (χ4n) is 3.06. The molecule has 2 heterocycles. The van der Waals surface area contributed by atoms with Gasteiger partial charge in [0.15, 0.2) is 0 Å². The zero-order valence-electron chi connectivity index (χ0n) is 15.1. The smallest absolute Gasteiger partial charge is 0.227 e. The zero-order valence-corrected chi connectivity index (χ0v) is 15.1. The summed E-state index contributed by atoms with van der Waals surface area (Å²) in [5.41, 5.74) is 3.28. The number of benzene rings is 2. The highest BCUT2D eigenvalue weighted by molar-refractivity contribution is 5.64. The summed E-state index contributed by atoms with van der Waals surface area (Å²) in [6, 6.07) is 16.0. The molecule has 28 heavy (non-hydrogen) atoms. The summed E-state index contributed by atoms with van der Waals surface area (Å²) in [4.78, 5) is 11.0. The van der Waals surface area contributed by atoms with E-state index in [1.165, 1.54) is 12.1 Å². The zero-order chi connectivity index (χ0) is 19.3. The van der Waals surface area contributed by atoms with E-state index >= 15 is 0 Å². The summed E-state index contributed by atoms with van der Waals surface area (Å²) in [6.45, 7) is 3.27. The number of nitriles is 1. The van der Waals surface area contributed by atoms with Crippen LogP contribution in [0.1, 0.15) is 5.56 Å². The van der Waals surface area contributed by atoms with Gasteiger partial charge in [0.2, 0.25) is 5.95 Å². The van der Waals surface area contributed by atoms with Crippen molar-refractivity contribution in [3.63, 3.8) is 0 Å². The summed E-state index contributed by atoms with van der Waals surface area (Å²) in [5, 5.41) is 12.2. The molecule has 7 heteroatoms. The van der Waals surface area contributed by atoms with Gasteiger partial charge in [-0.2, -0.15) is 5.26 Å². The van der Waals surface area contributed by atoms with Gasteiger partial charge in [-0.15, -0.1) is 0 Å². The maximum atomic E-state index is 13.5. The predicted octanol–water partition coefficient (Wildman–Crippen LogP) is 3.73. The molecule has 0 atom stereocenters. The molecule has 0 saturated carbocycles. The third-order valence-corrected chi connectivity index (χ3v) is 4.54. The van der Waals surface area contributed by atoms with Crippen LogP contribution in [0.15, 0.2) is 54.7 Å². The molecule has 1 aliphatic rings. The number of morpholine rings is 1. The van der Waals surface area contributed by atoms with Crippen molar-refractivity contribution in [2.75, 3.05) is 36.5 Å². The molecule has 0 bridgehead atoms. The van der Waals surface area contributed by atoms with Gasteiger partial charge in [-0.1, -0.05) is 0 Å². The molecular formula is C21H18FN5O. The Labute approximate surface area is 162 Å². The number of nitrogens with one attached hydrogen (secondary N) is 1. The van der Waals surface area contributed by atoms with Crippen LogP contribution in [0.25, 0.3) is 11.3 Å². The van der Waals surface area contributed by atoms with E-state index in [1.807, 2.05) is 18.2 Å². The Morgan fingerprint density at radius 2 is 1.86 bits per heavy atom. The van der Waals surface area contributed by atoms with Crippen LogP contribution in [0.3, 0.4) is 0 Å². The highest BCUT2D eigenvalue weighted by Gasteiger charge is 2.11. The highest BCUT2D eigenvalue weighted by Crippen LogP contribution is 2.23. The Bertz CT molecular complexity index is 1010. The molecule has 3 aromatic rings. The third-order valence-electron chi connectivity index (χ3n) is 4.54. The van der Waals surface area contributed by atoms with Crippen LogP contribution >= 0.6 is 0 Å². The lowest BCUT2D eigenvalue weighted by Gasteiger charge is -2.28. The fourth-order valence-corrected chi connectivity index (χ4v) is 3.06. The Balaban J connectivity index is 1.51. The lowest BCUT2D eigenvalue weighted by Crippen LogP contribution is -2.36. The number of anilines is 3. The first-order chi connectivity index (χ1) is 13.7. The highest BCUT2D eigenvalue weighted by atomic mass is 19.1. The average molecular weight is 375 g/mol. The van der Waals surface area contributed by atoms with Gasteiger partial charge in [-0.25, -0.2) is 14.4 Å². The number of hydrogen-bond donors (Lipinski definition) is 1. The summed E-state index contributed by atoms with van der Waals surface area (Å²) in [7, 11) is 0. The quantitative estimate of drug-likeness (QED) is 0.749. The summed E-state index contributed by atoms with van der Waals surface area (Å²) < 4.78 is 18.9.